The van der Waals surface area contributed by atoms with Crippen molar-refractivity contribution in [3.63, 3.8) is 0 Å². The van der Waals surface area contributed by atoms with Crippen molar-refractivity contribution in [3.05, 3.63) is 70.3 Å². The zero-order chi connectivity index (χ0) is 22.7. The summed E-state index contributed by atoms with van der Waals surface area (Å²) in [4.78, 5) is 27.5. The molecule has 2 aromatic rings. The molecule has 1 N–H and O–H groups in total. The zero-order valence-electron chi connectivity index (χ0n) is 18.9. The molecule has 1 unspecified atom stereocenters. The minimum absolute atomic E-state index is 0.143. The van der Waals surface area contributed by atoms with Crippen molar-refractivity contribution in [3.8, 4) is 5.75 Å². The second-order valence-electron chi connectivity index (χ2n) is 8.19. The molecule has 1 saturated heterocycles. The summed E-state index contributed by atoms with van der Waals surface area (Å²) in [5.74, 6) is -0.416. The second kappa shape index (κ2) is 9.38. The van der Waals surface area contributed by atoms with E-state index in [-0.39, 0.29) is 17.3 Å². The van der Waals surface area contributed by atoms with Gasteiger partial charge in [-0.2, -0.15) is 0 Å². The van der Waals surface area contributed by atoms with Gasteiger partial charge in [-0.05, 0) is 61.1 Å². The highest BCUT2D eigenvalue weighted by atomic mass is 16.5. The van der Waals surface area contributed by atoms with Gasteiger partial charge < -0.3 is 14.7 Å². The van der Waals surface area contributed by atoms with E-state index in [9.17, 15) is 14.7 Å². The van der Waals surface area contributed by atoms with Gasteiger partial charge in [-0.3, -0.25) is 9.59 Å². The van der Waals surface area contributed by atoms with Crippen molar-refractivity contribution < 1.29 is 19.4 Å². The number of benzene rings is 2. The van der Waals surface area contributed by atoms with Gasteiger partial charge in [0.05, 0.1) is 18.2 Å². The number of aryl methyl sites for hydroxylation is 1. The first-order valence-electron chi connectivity index (χ1n) is 10.9. The summed E-state index contributed by atoms with van der Waals surface area (Å²) >= 11 is 0. The Balaban J connectivity index is 2.21. The van der Waals surface area contributed by atoms with Crippen LogP contribution in [0.2, 0.25) is 0 Å². The van der Waals surface area contributed by atoms with Gasteiger partial charge in [0.2, 0.25) is 0 Å². The van der Waals surface area contributed by atoms with Crippen molar-refractivity contribution in [2.75, 3.05) is 13.2 Å². The third kappa shape index (κ3) is 4.22. The van der Waals surface area contributed by atoms with E-state index >= 15 is 0 Å². The molecule has 1 amide bonds. The first kappa shape index (κ1) is 22.6. The monoisotopic (exact) mass is 421 g/mol. The number of likely N-dealkylation sites (tertiary alicyclic amines) is 1. The molecule has 0 radical (unpaired) electrons. The molecule has 5 heteroatoms. The highest BCUT2D eigenvalue weighted by molar-refractivity contribution is 6.46. The molecule has 0 aliphatic carbocycles. The third-order valence-electron chi connectivity index (χ3n) is 5.69. The van der Waals surface area contributed by atoms with Gasteiger partial charge in [0.15, 0.2) is 0 Å². The molecule has 1 aliphatic heterocycles. The van der Waals surface area contributed by atoms with E-state index in [1.165, 1.54) is 0 Å². The Kier molecular flexibility index (Phi) is 6.84. The van der Waals surface area contributed by atoms with Gasteiger partial charge >= 0.3 is 0 Å². The van der Waals surface area contributed by atoms with Crippen molar-refractivity contribution in [2.24, 2.45) is 0 Å². The Hall–Kier alpha value is -3.08. The van der Waals surface area contributed by atoms with Crippen LogP contribution in [-0.4, -0.2) is 34.8 Å². The van der Waals surface area contributed by atoms with Crippen LogP contribution in [0, 0.1) is 6.92 Å². The number of carbonyl (C=O) groups is 2. The predicted octanol–water partition coefficient (Wildman–Crippen LogP) is 5.35. The number of rotatable bonds is 7. The Morgan fingerprint density at radius 3 is 2.45 bits per heavy atom. The highest BCUT2D eigenvalue weighted by Gasteiger charge is 2.46. The molecular weight excluding hydrogens is 390 g/mol. The maximum absolute atomic E-state index is 13.1. The van der Waals surface area contributed by atoms with Crippen LogP contribution in [-0.2, 0) is 9.59 Å². The number of carbonyl (C=O) groups excluding carboxylic acids is 2. The molecule has 1 aliphatic rings. The van der Waals surface area contributed by atoms with Crippen LogP contribution in [0.25, 0.3) is 5.76 Å². The van der Waals surface area contributed by atoms with Crippen LogP contribution in [0.15, 0.2) is 48.0 Å². The van der Waals surface area contributed by atoms with Gasteiger partial charge in [0.25, 0.3) is 11.7 Å². The largest absolute Gasteiger partial charge is 0.507 e. The fraction of sp³-hybridized carbons (Fsp3) is 0.385. The summed E-state index contributed by atoms with van der Waals surface area (Å²) in [5.41, 5.74) is 3.43. The molecule has 31 heavy (non-hydrogen) atoms. The number of nitrogens with zero attached hydrogens (tertiary/aromatic N) is 1. The van der Waals surface area contributed by atoms with Crippen LogP contribution < -0.4 is 4.74 Å². The maximum Gasteiger partial charge on any atom is 0.295 e. The smallest absolute Gasteiger partial charge is 0.295 e. The number of ether oxygens (including phenoxy) is 1. The summed E-state index contributed by atoms with van der Waals surface area (Å²) in [6, 6.07) is 12.5. The molecule has 0 saturated carbocycles. The number of amides is 1. The first-order valence-corrected chi connectivity index (χ1v) is 10.9. The Morgan fingerprint density at radius 1 is 1.13 bits per heavy atom. The fourth-order valence-corrected chi connectivity index (χ4v) is 4.16. The van der Waals surface area contributed by atoms with Crippen molar-refractivity contribution >= 4 is 17.4 Å². The minimum Gasteiger partial charge on any atom is -0.507 e. The highest BCUT2D eigenvalue weighted by Crippen LogP contribution is 2.41. The van der Waals surface area contributed by atoms with Crippen molar-refractivity contribution in [1.29, 1.82) is 0 Å². The van der Waals surface area contributed by atoms with E-state index < -0.39 is 17.7 Å². The van der Waals surface area contributed by atoms with Gasteiger partial charge in [0.1, 0.15) is 11.5 Å². The Labute approximate surface area is 184 Å². The minimum atomic E-state index is -0.640. The lowest BCUT2D eigenvalue weighted by Gasteiger charge is -2.26. The molecule has 1 atom stereocenters. The maximum atomic E-state index is 13.1. The number of ketones is 1. The Morgan fingerprint density at radius 2 is 1.84 bits per heavy atom. The van der Waals surface area contributed by atoms with Crippen LogP contribution in [0.4, 0.5) is 0 Å². The van der Waals surface area contributed by atoms with E-state index in [1.807, 2.05) is 57.2 Å². The zero-order valence-corrected chi connectivity index (χ0v) is 18.9. The lowest BCUT2D eigenvalue weighted by molar-refractivity contribution is -0.139. The van der Waals surface area contributed by atoms with E-state index in [0.717, 1.165) is 28.9 Å². The molecule has 0 spiro atoms. The Bertz CT molecular complexity index is 1020. The summed E-state index contributed by atoms with van der Waals surface area (Å²) in [7, 11) is 0. The third-order valence-corrected chi connectivity index (χ3v) is 5.69. The molecule has 164 valence electrons. The van der Waals surface area contributed by atoms with Gasteiger partial charge in [-0.25, -0.2) is 0 Å². The molecule has 1 fully saturated rings. The average Bonchev–Trinajstić information content (AvgIpc) is 2.99. The van der Waals surface area contributed by atoms with Crippen molar-refractivity contribution in [1.82, 2.24) is 4.90 Å². The van der Waals surface area contributed by atoms with E-state index in [2.05, 4.69) is 13.8 Å². The molecule has 0 aromatic heterocycles. The average molecular weight is 422 g/mol. The van der Waals surface area contributed by atoms with Crippen LogP contribution in [0.3, 0.4) is 0 Å². The molecule has 0 bridgehead atoms. The fourth-order valence-electron chi connectivity index (χ4n) is 4.16. The molecular formula is C26H31NO4. The molecule has 3 rings (SSSR count). The van der Waals surface area contributed by atoms with Crippen molar-refractivity contribution in [2.45, 2.75) is 53.0 Å². The van der Waals surface area contributed by atoms with Gasteiger partial charge in [-0.1, -0.05) is 45.0 Å². The lowest BCUT2D eigenvalue weighted by Crippen LogP contribution is -2.30. The quantitative estimate of drug-likeness (QED) is 0.372. The summed E-state index contributed by atoms with van der Waals surface area (Å²) in [6.45, 7) is 10.9. The standard InChI is InChI=1S/C26H31NO4/c1-6-14-27-23(19-11-9-8-10-17(19)5)22(25(29)26(27)30)24(28)18-12-13-21(31-7-2)20(15-18)16(3)4/h8-13,15-16,23,28H,6-7,14H2,1-5H3/b24-22+. The SMILES string of the molecule is CCCN1C(=O)C(=O)/C(=C(/O)c2ccc(OCC)c(C(C)C)c2)C1c1ccccc1C. The first-order chi connectivity index (χ1) is 14.8. The molecule has 1 heterocycles. The van der Waals surface area contributed by atoms with Gasteiger partial charge in [0, 0.05) is 12.1 Å². The molecule has 5 nitrogen and oxygen atoms in total. The summed E-state index contributed by atoms with van der Waals surface area (Å²) in [6.07, 6.45) is 0.718. The van der Waals surface area contributed by atoms with Crippen LogP contribution in [0.1, 0.15) is 68.3 Å². The van der Waals surface area contributed by atoms with Crippen LogP contribution >= 0.6 is 0 Å². The van der Waals surface area contributed by atoms with Gasteiger partial charge in [-0.15, -0.1) is 0 Å². The number of aliphatic hydroxyl groups excluding tert-OH is 1. The van der Waals surface area contributed by atoms with Crippen LogP contribution in [0.5, 0.6) is 5.75 Å². The predicted molar refractivity (Wildman–Crippen MR) is 122 cm³/mol. The van der Waals surface area contributed by atoms with E-state index in [1.54, 1.807) is 11.0 Å². The summed E-state index contributed by atoms with van der Waals surface area (Å²) < 4.78 is 5.72. The second-order valence-corrected chi connectivity index (χ2v) is 8.19. The van der Waals surface area contributed by atoms with E-state index in [4.69, 9.17) is 4.74 Å². The van der Waals surface area contributed by atoms with E-state index in [0.29, 0.717) is 18.7 Å². The number of aliphatic hydroxyl groups is 1. The lowest BCUT2D eigenvalue weighted by atomic mass is 9.91. The number of Topliss-reactive ketones (excluding diaryl/α,β-unsaturated/α-hetero) is 1. The topological polar surface area (TPSA) is 66.8 Å². The molecule has 2 aromatic carbocycles. The number of hydrogen-bond donors (Lipinski definition) is 1. The summed E-state index contributed by atoms with van der Waals surface area (Å²) in [5, 5.41) is 11.3. The number of hydrogen-bond acceptors (Lipinski definition) is 4. The normalized spacial score (nSPS) is 18.1.